The molecule has 0 aliphatic rings. The summed E-state index contributed by atoms with van der Waals surface area (Å²) in [6, 6.07) is 6.33. The molecule has 1 rings (SSSR count). The van der Waals surface area contributed by atoms with Gasteiger partial charge in [0.1, 0.15) is 11.9 Å². The van der Waals surface area contributed by atoms with E-state index in [1.54, 1.807) is 0 Å². The van der Waals surface area contributed by atoms with Crippen molar-refractivity contribution in [2.45, 2.75) is 142 Å². The molecular formula is C28H51N2S+. The molecule has 0 bridgehead atoms. The smallest absolute Gasteiger partial charge is 0.168 e. The molecule has 3 heteroatoms. The highest BCUT2D eigenvalue weighted by Crippen LogP contribution is 2.14. The lowest BCUT2D eigenvalue weighted by atomic mass is 10.0. The van der Waals surface area contributed by atoms with Gasteiger partial charge in [0.25, 0.3) is 0 Å². The molecule has 0 N–H and O–H groups in total. The molecular weight excluding hydrogens is 396 g/mol. The Morgan fingerprint density at radius 1 is 0.548 bits per heavy atom. The second-order valence-electron chi connectivity index (χ2n) is 8.93. The number of aromatic nitrogens is 1. The van der Waals surface area contributed by atoms with Crippen LogP contribution in [0.15, 0.2) is 30.6 Å². The summed E-state index contributed by atoms with van der Waals surface area (Å²) in [5.41, 5.74) is 0. The van der Waals surface area contributed by atoms with E-state index in [2.05, 4.69) is 54.7 Å². The van der Waals surface area contributed by atoms with Crippen molar-refractivity contribution in [2.75, 3.05) is 0 Å². The summed E-state index contributed by atoms with van der Waals surface area (Å²) in [7, 11) is 0. The molecule has 0 saturated carbocycles. The minimum atomic E-state index is 1.18. The lowest BCUT2D eigenvalue weighted by Crippen LogP contribution is -2.32. The summed E-state index contributed by atoms with van der Waals surface area (Å²) in [6.07, 6.45) is 33.4. The van der Waals surface area contributed by atoms with Crippen LogP contribution in [0, 0.1) is 10.7 Å². The van der Waals surface area contributed by atoms with Crippen LogP contribution in [-0.2, 0) is 6.54 Å². The number of aryl methyl sites for hydroxylation is 1. The van der Waals surface area contributed by atoms with Gasteiger partial charge in [0.2, 0.25) is 0 Å². The van der Waals surface area contributed by atoms with Crippen LogP contribution in [0.4, 0.5) is 0 Å². The predicted molar refractivity (Wildman–Crippen MR) is 139 cm³/mol. The molecule has 0 atom stereocenters. The Morgan fingerprint density at radius 2 is 0.839 bits per heavy atom. The van der Waals surface area contributed by atoms with Crippen molar-refractivity contribution < 1.29 is 4.57 Å². The van der Waals surface area contributed by atoms with Gasteiger partial charge in [-0.3, -0.25) is 0 Å². The van der Waals surface area contributed by atoms with E-state index in [-0.39, 0.29) is 0 Å². The van der Waals surface area contributed by atoms with Gasteiger partial charge < -0.3 is 0 Å². The Hall–Kier alpha value is -1.01. The first-order chi connectivity index (χ1) is 15.3. The van der Waals surface area contributed by atoms with Gasteiger partial charge in [-0.2, -0.15) is 5.26 Å². The van der Waals surface area contributed by atoms with Gasteiger partial charge in [0.15, 0.2) is 12.4 Å². The maximum absolute atomic E-state index is 7.18. The first-order valence-electron chi connectivity index (χ1n) is 13.3. The lowest BCUT2D eigenvalue weighted by Gasteiger charge is -2.04. The highest BCUT2D eigenvalue weighted by atomic mass is 32.1. The Kier molecular flexibility index (Phi) is 26.1. The molecule has 1 heterocycles. The fraction of sp³-hybridized carbons (Fsp3) is 0.786. The van der Waals surface area contributed by atoms with Gasteiger partial charge >= 0.3 is 0 Å². The van der Waals surface area contributed by atoms with Crippen LogP contribution < -0.4 is 4.57 Å². The second-order valence-corrected chi connectivity index (χ2v) is 9.13. The molecule has 0 saturated heterocycles. The number of hydrogen-bond donors (Lipinski definition) is 1. The molecule has 1 aromatic heterocycles. The van der Waals surface area contributed by atoms with Crippen molar-refractivity contribution in [2.24, 2.45) is 0 Å². The van der Waals surface area contributed by atoms with Crippen molar-refractivity contribution in [1.82, 2.24) is 0 Å². The molecule has 178 valence electrons. The first kappa shape index (κ1) is 30.0. The zero-order valence-electron chi connectivity index (χ0n) is 20.6. The summed E-state index contributed by atoms with van der Waals surface area (Å²) in [4.78, 5) is 0. The van der Waals surface area contributed by atoms with Crippen LogP contribution >= 0.6 is 12.6 Å². The Bertz CT molecular complexity index is 484. The van der Waals surface area contributed by atoms with E-state index >= 15 is 0 Å². The molecule has 0 aromatic carbocycles. The van der Waals surface area contributed by atoms with E-state index < -0.39 is 0 Å². The van der Waals surface area contributed by atoms with Crippen molar-refractivity contribution in [1.29, 1.82) is 5.26 Å². The molecule has 0 fully saturated rings. The third-order valence-corrected chi connectivity index (χ3v) is 6.05. The highest BCUT2D eigenvalue weighted by Gasteiger charge is 1.98. The van der Waals surface area contributed by atoms with Crippen LogP contribution in [0.1, 0.15) is 135 Å². The number of pyridine rings is 1. The maximum atomic E-state index is 7.18. The van der Waals surface area contributed by atoms with Crippen molar-refractivity contribution in [3.8, 4) is 5.40 Å². The number of nitrogens with zero attached hydrogens (tertiary/aromatic N) is 2. The van der Waals surface area contributed by atoms with Gasteiger partial charge in [-0.15, -0.1) is 0 Å². The molecule has 1 aromatic rings. The first-order valence-corrected chi connectivity index (χ1v) is 13.8. The number of nitriles is 1. The Balaban J connectivity index is 0.00000282. The van der Waals surface area contributed by atoms with E-state index in [0.717, 1.165) is 0 Å². The van der Waals surface area contributed by atoms with E-state index in [0.29, 0.717) is 0 Å². The normalized spacial score (nSPS) is 10.4. The van der Waals surface area contributed by atoms with Crippen molar-refractivity contribution >= 4 is 12.6 Å². The second kappa shape index (κ2) is 27.0. The SMILES string of the molecule is CCCCCCCCCCCCCCCCCCCCCC[n+]1ccccc1.N#CS. The number of rotatable bonds is 21. The number of thiol groups is 1. The minimum absolute atomic E-state index is 1.18. The molecule has 0 aliphatic carbocycles. The van der Waals surface area contributed by atoms with Gasteiger partial charge in [-0.05, 0) is 6.42 Å². The minimum Gasteiger partial charge on any atom is -0.205 e. The summed E-state index contributed by atoms with van der Waals surface area (Å²) >= 11 is 3.09. The lowest BCUT2D eigenvalue weighted by molar-refractivity contribution is -0.697. The third kappa shape index (κ3) is 25.1. The highest BCUT2D eigenvalue weighted by molar-refractivity contribution is 7.85. The molecule has 0 spiro atoms. The molecule has 0 radical (unpaired) electrons. The quantitative estimate of drug-likeness (QED) is 0.0864. The molecule has 0 amide bonds. The summed E-state index contributed by atoms with van der Waals surface area (Å²) < 4.78 is 2.30. The summed E-state index contributed by atoms with van der Waals surface area (Å²) in [5.74, 6) is 0. The van der Waals surface area contributed by atoms with E-state index in [4.69, 9.17) is 5.26 Å². The van der Waals surface area contributed by atoms with Crippen LogP contribution in [-0.4, -0.2) is 0 Å². The monoisotopic (exact) mass is 447 g/mol. The van der Waals surface area contributed by atoms with Crippen LogP contribution in [0.3, 0.4) is 0 Å². The number of unbranched alkanes of at least 4 members (excludes halogenated alkanes) is 19. The fourth-order valence-electron chi connectivity index (χ4n) is 4.13. The van der Waals surface area contributed by atoms with Crippen molar-refractivity contribution in [3.63, 3.8) is 0 Å². The van der Waals surface area contributed by atoms with E-state index in [1.165, 1.54) is 140 Å². The van der Waals surface area contributed by atoms with Crippen LogP contribution in [0.25, 0.3) is 0 Å². The maximum Gasteiger partial charge on any atom is 0.168 e. The van der Waals surface area contributed by atoms with Crippen LogP contribution in [0.2, 0.25) is 0 Å². The zero-order valence-corrected chi connectivity index (χ0v) is 21.5. The zero-order chi connectivity index (χ0) is 22.7. The number of thiocyanates is 1. The van der Waals surface area contributed by atoms with Crippen LogP contribution in [0.5, 0.6) is 0 Å². The topological polar surface area (TPSA) is 27.7 Å². The summed E-state index contributed by atoms with van der Waals surface area (Å²) in [5, 5.41) is 8.63. The van der Waals surface area contributed by atoms with Crippen molar-refractivity contribution in [3.05, 3.63) is 30.6 Å². The largest absolute Gasteiger partial charge is 0.205 e. The summed E-state index contributed by atoms with van der Waals surface area (Å²) in [6.45, 7) is 3.48. The Labute approximate surface area is 200 Å². The third-order valence-electron chi connectivity index (χ3n) is 6.05. The Morgan fingerprint density at radius 3 is 1.16 bits per heavy atom. The van der Waals surface area contributed by atoms with E-state index in [9.17, 15) is 0 Å². The fourth-order valence-corrected chi connectivity index (χ4v) is 4.13. The van der Waals surface area contributed by atoms with Gasteiger partial charge in [-0.25, -0.2) is 4.57 Å². The number of hydrogen-bond acceptors (Lipinski definition) is 2. The standard InChI is InChI=1S/C27H50N.CHNS/c1-2-3-4-5-6-7-8-9-10-11-12-13-14-15-16-17-18-19-20-22-25-28-26-23-21-24-27-28;2-1-3/h21,23-24,26-27H,2-20,22,25H2,1H3;3H/q+1;. The molecule has 31 heavy (non-hydrogen) atoms. The predicted octanol–water partition coefficient (Wildman–Crippen LogP) is 9.19. The van der Waals surface area contributed by atoms with Gasteiger partial charge in [0.05, 0.1) is 0 Å². The van der Waals surface area contributed by atoms with Gasteiger partial charge in [0, 0.05) is 18.6 Å². The average molecular weight is 448 g/mol. The molecule has 0 aliphatic heterocycles. The molecule has 2 nitrogen and oxygen atoms in total. The molecule has 0 unspecified atom stereocenters. The average Bonchev–Trinajstić information content (AvgIpc) is 2.79. The van der Waals surface area contributed by atoms with E-state index in [1.807, 2.05) is 0 Å². The van der Waals surface area contributed by atoms with Gasteiger partial charge in [-0.1, -0.05) is 141 Å².